The Balaban J connectivity index is 1.20. The molecule has 6 heteroatoms. The molecule has 0 aliphatic rings. The minimum Gasteiger partial charge on any atom is -0.489 e. The molecule has 0 saturated carbocycles. The monoisotopic (exact) mass is 556 g/mol. The standard InChI is InChI=1S/C35H32N4OS/c1-25-20-31(40-23-28-10-6-4-7-11-28)16-19-33(25)37-39-35-22-26(2)34(21-27(35)3)38-36-30-14-17-32(18-15-30)41-24-29-12-8-5-9-13-29/h4-22H,23-24H2,1-3H3. The van der Waals surface area contributed by atoms with Crippen molar-refractivity contribution in [1.29, 1.82) is 0 Å². The van der Waals surface area contributed by atoms with Gasteiger partial charge in [0.15, 0.2) is 0 Å². The molecule has 0 spiro atoms. The molecule has 0 radical (unpaired) electrons. The van der Waals surface area contributed by atoms with Gasteiger partial charge in [-0.2, -0.15) is 20.5 Å². The van der Waals surface area contributed by atoms with Gasteiger partial charge in [-0.25, -0.2) is 0 Å². The fraction of sp³-hybridized carbons (Fsp3) is 0.143. The van der Waals surface area contributed by atoms with E-state index in [4.69, 9.17) is 4.74 Å². The molecule has 5 aromatic rings. The van der Waals surface area contributed by atoms with Crippen molar-refractivity contribution in [3.63, 3.8) is 0 Å². The zero-order valence-electron chi connectivity index (χ0n) is 23.5. The lowest BCUT2D eigenvalue weighted by Gasteiger charge is -2.08. The fourth-order valence-electron chi connectivity index (χ4n) is 4.14. The number of azo groups is 2. The molecule has 5 nitrogen and oxygen atoms in total. The van der Waals surface area contributed by atoms with Crippen molar-refractivity contribution in [3.8, 4) is 5.75 Å². The summed E-state index contributed by atoms with van der Waals surface area (Å²) in [5.74, 6) is 1.75. The summed E-state index contributed by atoms with van der Waals surface area (Å²) in [4.78, 5) is 1.21. The number of aryl methyl sites for hydroxylation is 3. The number of rotatable bonds is 10. The van der Waals surface area contributed by atoms with Crippen molar-refractivity contribution >= 4 is 34.5 Å². The Morgan fingerprint density at radius 1 is 0.537 bits per heavy atom. The molecule has 5 rings (SSSR count). The largest absolute Gasteiger partial charge is 0.489 e. The zero-order chi connectivity index (χ0) is 28.4. The van der Waals surface area contributed by atoms with Crippen LogP contribution >= 0.6 is 11.8 Å². The van der Waals surface area contributed by atoms with Crippen LogP contribution in [0, 0.1) is 20.8 Å². The van der Waals surface area contributed by atoms with Gasteiger partial charge in [0.25, 0.3) is 0 Å². The maximum absolute atomic E-state index is 5.93. The number of thioether (sulfide) groups is 1. The quantitative estimate of drug-likeness (QED) is 0.127. The Bertz CT molecular complexity index is 1650. The van der Waals surface area contributed by atoms with Crippen LogP contribution in [0.5, 0.6) is 5.75 Å². The third-order valence-corrected chi connectivity index (χ3v) is 7.64. The van der Waals surface area contributed by atoms with Crippen LogP contribution in [-0.2, 0) is 12.4 Å². The van der Waals surface area contributed by atoms with Crippen LogP contribution in [0.3, 0.4) is 0 Å². The van der Waals surface area contributed by atoms with Gasteiger partial charge in [0.05, 0.1) is 22.7 Å². The molecule has 0 aliphatic carbocycles. The van der Waals surface area contributed by atoms with E-state index in [9.17, 15) is 0 Å². The average molecular weight is 557 g/mol. The summed E-state index contributed by atoms with van der Waals surface area (Å²) in [6, 6.07) is 38.7. The van der Waals surface area contributed by atoms with Gasteiger partial charge < -0.3 is 4.74 Å². The second-order valence-corrected chi connectivity index (χ2v) is 10.9. The number of ether oxygens (including phenoxy) is 1. The number of benzene rings is 5. The molecular weight excluding hydrogens is 524 g/mol. The highest BCUT2D eigenvalue weighted by atomic mass is 32.2. The van der Waals surface area contributed by atoms with E-state index in [1.54, 1.807) is 0 Å². The maximum atomic E-state index is 5.93. The highest BCUT2D eigenvalue weighted by molar-refractivity contribution is 7.98. The van der Waals surface area contributed by atoms with Gasteiger partial charge in [0.2, 0.25) is 0 Å². The van der Waals surface area contributed by atoms with E-state index in [2.05, 4.69) is 69.0 Å². The summed E-state index contributed by atoms with van der Waals surface area (Å²) in [6.07, 6.45) is 0. The summed E-state index contributed by atoms with van der Waals surface area (Å²) in [6.45, 7) is 6.57. The lowest BCUT2D eigenvalue weighted by molar-refractivity contribution is 0.306. The van der Waals surface area contributed by atoms with Crippen molar-refractivity contribution in [1.82, 2.24) is 0 Å². The molecule has 204 valence electrons. The highest BCUT2D eigenvalue weighted by Crippen LogP contribution is 2.33. The molecule has 0 heterocycles. The fourth-order valence-corrected chi connectivity index (χ4v) is 5.00. The van der Waals surface area contributed by atoms with Crippen molar-refractivity contribution in [2.24, 2.45) is 20.5 Å². The predicted octanol–water partition coefficient (Wildman–Crippen LogP) is 11.3. The normalized spacial score (nSPS) is 11.4. The van der Waals surface area contributed by atoms with Gasteiger partial charge in [-0.3, -0.25) is 0 Å². The molecule has 5 aromatic carbocycles. The van der Waals surface area contributed by atoms with Crippen LogP contribution in [0.15, 0.2) is 141 Å². The molecule has 0 atom stereocenters. The van der Waals surface area contributed by atoms with Crippen LogP contribution < -0.4 is 4.74 Å². The minimum atomic E-state index is 0.530. The van der Waals surface area contributed by atoms with Crippen LogP contribution in [-0.4, -0.2) is 0 Å². The molecule has 0 fully saturated rings. The van der Waals surface area contributed by atoms with Gasteiger partial charge in [0.1, 0.15) is 12.4 Å². The first-order chi connectivity index (χ1) is 20.0. The summed E-state index contributed by atoms with van der Waals surface area (Å²) in [5.41, 5.74) is 8.69. The third kappa shape index (κ3) is 7.99. The molecule has 0 amide bonds. The van der Waals surface area contributed by atoms with E-state index < -0.39 is 0 Å². The topological polar surface area (TPSA) is 58.7 Å². The highest BCUT2D eigenvalue weighted by Gasteiger charge is 2.06. The van der Waals surface area contributed by atoms with Gasteiger partial charge in [-0.05, 0) is 103 Å². The summed E-state index contributed by atoms with van der Waals surface area (Å²) in [7, 11) is 0. The van der Waals surface area contributed by atoms with Crippen LogP contribution in [0.1, 0.15) is 27.8 Å². The van der Waals surface area contributed by atoms with E-state index in [-0.39, 0.29) is 0 Å². The number of hydrogen-bond donors (Lipinski definition) is 0. The van der Waals surface area contributed by atoms with Gasteiger partial charge in [-0.1, -0.05) is 60.7 Å². The lowest BCUT2D eigenvalue weighted by atomic mass is 10.1. The van der Waals surface area contributed by atoms with Crippen LogP contribution in [0.4, 0.5) is 22.7 Å². The zero-order valence-corrected chi connectivity index (χ0v) is 24.3. The molecule has 0 aliphatic heterocycles. The van der Waals surface area contributed by atoms with Gasteiger partial charge >= 0.3 is 0 Å². The Kier molecular flexibility index (Phi) is 9.34. The molecular formula is C35H32N4OS. The van der Waals surface area contributed by atoms with E-state index in [1.807, 2.05) is 99.3 Å². The number of hydrogen-bond acceptors (Lipinski definition) is 6. The maximum Gasteiger partial charge on any atom is 0.120 e. The van der Waals surface area contributed by atoms with Gasteiger partial charge in [-0.15, -0.1) is 11.8 Å². The first-order valence-corrected chi connectivity index (χ1v) is 14.5. The van der Waals surface area contributed by atoms with E-state index in [1.165, 1.54) is 10.5 Å². The smallest absolute Gasteiger partial charge is 0.120 e. The average Bonchev–Trinajstić information content (AvgIpc) is 3.00. The van der Waals surface area contributed by atoms with Crippen molar-refractivity contribution in [2.75, 3.05) is 0 Å². The van der Waals surface area contributed by atoms with Crippen LogP contribution in [0.2, 0.25) is 0 Å². The predicted molar refractivity (Wildman–Crippen MR) is 169 cm³/mol. The lowest BCUT2D eigenvalue weighted by Crippen LogP contribution is -1.95. The Hall–Kier alpha value is -4.55. The number of nitrogens with zero attached hydrogens (tertiary/aromatic N) is 4. The van der Waals surface area contributed by atoms with E-state index in [0.717, 1.165) is 56.5 Å². The van der Waals surface area contributed by atoms with E-state index >= 15 is 0 Å². The SMILES string of the molecule is Cc1cc(N=Nc2ccc(OCc3ccccc3)cc2C)c(C)cc1N=Nc1ccc(SCc2ccccc2)cc1. The van der Waals surface area contributed by atoms with Gasteiger partial charge in [0, 0.05) is 10.6 Å². The van der Waals surface area contributed by atoms with Crippen molar-refractivity contribution in [2.45, 2.75) is 38.0 Å². The summed E-state index contributed by atoms with van der Waals surface area (Å²) in [5, 5.41) is 18.0. The first kappa shape index (κ1) is 28.0. The molecule has 0 aromatic heterocycles. The first-order valence-electron chi connectivity index (χ1n) is 13.5. The second kappa shape index (κ2) is 13.7. The Morgan fingerprint density at radius 2 is 1.10 bits per heavy atom. The summed E-state index contributed by atoms with van der Waals surface area (Å²) >= 11 is 1.81. The molecule has 0 unspecified atom stereocenters. The Labute approximate surface area is 246 Å². The van der Waals surface area contributed by atoms with Crippen molar-refractivity contribution < 1.29 is 4.74 Å². The minimum absolute atomic E-state index is 0.530. The van der Waals surface area contributed by atoms with E-state index in [0.29, 0.717) is 6.61 Å². The molecule has 0 saturated heterocycles. The molecule has 0 N–H and O–H groups in total. The van der Waals surface area contributed by atoms with Crippen molar-refractivity contribution in [3.05, 3.63) is 143 Å². The third-order valence-electron chi connectivity index (χ3n) is 6.55. The Morgan fingerprint density at radius 3 is 1.73 bits per heavy atom. The van der Waals surface area contributed by atoms with Crippen LogP contribution in [0.25, 0.3) is 0 Å². The second-order valence-electron chi connectivity index (χ2n) is 9.82. The molecule has 41 heavy (non-hydrogen) atoms. The molecule has 0 bridgehead atoms. The summed E-state index contributed by atoms with van der Waals surface area (Å²) < 4.78 is 5.93.